The molecule has 0 atom stereocenters. The van der Waals surface area contributed by atoms with E-state index in [9.17, 15) is 8.78 Å². The number of nitrogens with zero attached hydrogens (tertiary/aromatic N) is 3. The monoisotopic (exact) mass is 281 g/mol. The van der Waals surface area contributed by atoms with E-state index in [0.717, 1.165) is 5.82 Å². The molecule has 0 fully saturated rings. The second-order valence-corrected chi connectivity index (χ2v) is 4.68. The van der Waals surface area contributed by atoms with Crippen LogP contribution < -0.4 is 4.74 Å². The van der Waals surface area contributed by atoms with Crippen molar-refractivity contribution in [3.05, 3.63) is 47.5 Å². The minimum absolute atomic E-state index is 0.340. The Balaban J connectivity index is 2.12. The molecule has 1 aromatic heterocycles. The minimum atomic E-state index is -0.694. The number of aryl methyl sites for hydroxylation is 1. The second kappa shape index (κ2) is 6.00. The molecule has 4 nitrogen and oxygen atoms in total. The molecule has 108 valence electrons. The van der Waals surface area contributed by atoms with Crippen LogP contribution in [0, 0.1) is 11.6 Å². The molecule has 0 saturated heterocycles. The lowest BCUT2D eigenvalue weighted by atomic mass is 10.2. The van der Waals surface area contributed by atoms with Crippen molar-refractivity contribution in [1.29, 1.82) is 0 Å². The van der Waals surface area contributed by atoms with E-state index in [-0.39, 0.29) is 5.75 Å². The maximum absolute atomic E-state index is 14.0. The van der Waals surface area contributed by atoms with Crippen LogP contribution in [0.25, 0.3) is 0 Å². The number of rotatable bonds is 5. The maximum atomic E-state index is 14.0. The Bertz CT molecular complexity index is 598. The van der Waals surface area contributed by atoms with Gasteiger partial charge >= 0.3 is 0 Å². The number of hydrogen-bond donors (Lipinski definition) is 0. The van der Waals surface area contributed by atoms with Crippen LogP contribution in [0.3, 0.4) is 0 Å². The van der Waals surface area contributed by atoms with Gasteiger partial charge in [-0.2, -0.15) is 0 Å². The fourth-order valence-corrected chi connectivity index (χ4v) is 2.02. The molecule has 0 N–H and O–H groups in total. The van der Waals surface area contributed by atoms with Crippen LogP contribution in [0.4, 0.5) is 8.78 Å². The fraction of sp³-hybridized carbons (Fsp3) is 0.357. The first-order valence-electron chi connectivity index (χ1n) is 6.18. The van der Waals surface area contributed by atoms with Crippen LogP contribution in [0.15, 0.2) is 24.5 Å². The van der Waals surface area contributed by atoms with Crippen LogP contribution in [0.5, 0.6) is 5.75 Å². The Labute approximate surface area is 116 Å². The molecule has 0 aliphatic carbocycles. The molecule has 6 heteroatoms. The summed E-state index contributed by atoms with van der Waals surface area (Å²) in [5.41, 5.74) is 0.389. The number of halogens is 2. The van der Waals surface area contributed by atoms with E-state index in [0.29, 0.717) is 18.7 Å². The zero-order valence-electron chi connectivity index (χ0n) is 11.7. The Morgan fingerprint density at radius 3 is 2.65 bits per heavy atom. The minimum Gasteiger partial charge on any atom is -0.491 e. The van der Waals surface area contributed by atoms with Gasteiger partial charge < -0.3 is 9.30 Å². The Hall–Kier alpha value is -1.95. The Morgan fingerprint density at radius 1 is 1.30 bits per heavy atom. The topological polar surface area (TPSA) is 30.3 Å². The first-order valence-corrected chi connectivity index (χ1v) is 6.18. The molecular weight excluding hydrogens is 264 g/mol. The van der Waals surface area contributed by atoms with Gasteiger partial charge in [0.2, 0.25) is 0 Å². The molecule has 1 heterocycles. The zero-order valence-corrected chi connectivity index (χ0v) is 11.7. The summed E-state index contributed by atoms with van der Waals surface area (Å²) in [4.78, 5) is 6.11. The van der Waals surface area contributed by atoms with Crippen LogP contribution >= 0.6 is 0 Å². The smallest absolute Gasteiger partial charge is 0.190 e. The van der Waals surface area contributed by atoms with E-state index in [1.54, 1.807) is 6.20 Å². The van der Waals surface area contributed by atoms with Gasteiger partial charge in [0.1, 0.15) is 5.82 Å². The lowest BCUT2D eigenvalue weighted by molar-refractivity contribution is 0.296. The summed E-state index contributed by atoms with van der Waals surface area (Å²) in [6.45, 7) is 0.915. The van der Waals surface area contributed by atoms with Gasteiger partial charge in [-0.15, -0.1) is 0 Å². The van der Waals surface area contributed by atoms with Crippen LogP contribution in [0.1, 0.15) is 11.4 Å². The largest absolute Gasteiger partial charge is 0.491 e. The predicted octanol–water partition coefficient (Wildman–Crippen LogP) is 2.34. The van der Waals surface area contributed by atoms with E-state index in [1.165, 1.54) is 19.2 Å². The molecule has 20 heavy (non-hydrogen) atoms. The average molecular weight is 281 g/mol. The first-order chi connectivity index (χ1) is 9.52. The van der Waals surface area contributed by atoms with E-state index >= 15 is 0 Å². The van der Waals surface area contributed by atoms with Crippen LogP contribution in [-0.2, 0) is 20.1 Å². The molecule has 0 radical (unpaired) electrons. The molecule has 0 saturated carbocycles. The number of methoxy groups -OCH3 is 1. The van der Waals surface area contributed by atoms with E-state index < -0.39 is 11.6 Å². The fourth-order valence-electron chi connectivity index (χ4n) is 2.02. The van der Waals surface area contributed by atoms with Gasteiger partial charge in [0, 0.05) is 31.5 Å². The summed E-state index contributed by atoms with van der Waals surface area (Å²) in [5.74, 6) is -0.811. The summed E-state index contributed by atoms with van der Waals surface area (Å²) in [6.07, 6.45) is 3.56. The molecule has 0 spiro atoms. The SMILES string of the molecule is COc1c(F)ccc(CN(C)Cc2nccn2C)c1F. The van der Waals surface area contributed by atoms with Crippen molar-refractivity contribution in [2.24, 2.45) is 7.05 Å². The van der Waals surface area contributed by atoms with Gasteiger partial charge in [-0.05, 0) is 13.1 Å². The third-order valence-electron chi connectivity index (χ3n) is 3.11. The first kappa shape index (κ1) is 14.5. The number of ether oxygens (including phenoxy) is 1. The molecule has 0 unspecified atom stereocenters. The highest BCUT2D eigenvalue weighted by molar-refractivity contribution is 5.32. The number of imidazole rings is 1. The normalized spacial score (nSPS) is 11.1. The number of hydrogen-bond acceptors (Lipinski definition) is 3. The molecule has 0 amide bonds. The molecule has 0 bridgehead atoms. The average Bonchev–Trinajstić information content (AvgIpc) is 2.79. The standard InChI is InChI=1S/C14H17F2N3O/c1-18(9-12-17-6-7-19(12)2)8-10-4-5-11(15)14(20-3)13(10)16/h4-7H,8-9H2,1-3H3. The molecule has 0 aliphatic heterocycles. The Morgan fingerprint density at radius 2 is 2.05 bits per heavy atom. The van der Waals surface area contributed by atoms with Crippen molar-refractivity contribution < 1.29 is 13.5 Å². The molecule has 1 aromatic carbocycles. The van der Waals surface area contributed by atoms with Gasteiger partial charge in [0.05, 0.1) is 13.7 Å². The lowest BCUT2D eigenvalue weighted by Gasteiger charge is -2.17. The van der Waals surface area contributed by atoms with Crippen molar-refractivity contribution in [3.63, 3.8) is 0 Å². The van der Waals surface area contributed by atoms with Crippen molar-refractivity contribution in [2.75, 3.05) is 14.2 Å². The van der Waals surface area contributed by atoms with Crippen molar-refractivity contribution in [1.82, 2.24) is 14.5 Å². The van der Waals surface area contributed by atoms with E-state index in [1.807, 2.05) is 29.8 Å². The quantitative estimate of drug-likeness (QED) is 0.842. The van der Waals surface area contributed by atoms with E-state index in [2.05, 4.69) is 4.98 Å². The molecule has 2 aromatic rings. The molecule has 2 rings (SSSR count). The second-order valence-electron chi connectivity index (χ2n) is 4.68. The zero-order chi connectivity index (χ0) is 14.7. The third kappa shape index (κ3) is 2.96. The maximum Gasteiger partial charge on any atom is 0.190 e. The summed E-state index contributed by atoms with van der Waals surface area (Å²) in [6, 6.07) is 2.65. The molecule has 0 aliphatic rings. The lowest BCUT2D eigenvalue weighted by Crippen LogP contribution is -2.20. The Kier molecular flexibility index (Phi) is 4.34. The van der Waals surface area contributed by atoms with Crippen molar-refractivity contribution in [3.8, 4) is 5.75 Å². The van der Waals surface area contributed by atoms with Gasteiger partial charge in [0.15, 0.2) is 17.4 Å². The predicted molar refractivity (Wildman–Crippen MR) is 71.3 cm³/mol. The highest BCUT2D eigenvalue weighted by Crippen LogP contribution is 2.25. The van der Waals surface area contributed by atoms with Gasteiger partial charge in [-0.25, -0.2) is 13.8 Å². The number of benzene rings is 1. The van der Waals surface area contributed by atoms with Crippen molar-refractivity contribution in [2.45, 2.75) is 13.1 Å². The number of aromatic nitrogens is 2. The highest BCUT2D eigenvalue weighted by atomic mass is 19.1. The third-order valence-corrected chi connectivity index (χ3v) is 3.11. The van der Waals surface area contributed by atoms with Crippen molar-refractivity contribution >= 4 is 0 Å². The van der Waals surface area contributed by atoms with Crippen LogP contribution in [0.2, 0.25) is 0 Å². The van der Waals surface area contributed by atoms with Gasteiger partial charge in [-0.1, -0.05) is 6.07 Å². The van der Waals surface area contributed by atoms with Crippen LogP contribution in [-0.4, -0.2) is 28.6 Å². The highest BCUT2D eigenvalue weighted by Gasteiger charge is 2.15. The van der Waals surface area contributed by atoms with Gasteiger partial charge in [0.25, 0.3) is 0 Å². The molecular formula is C14H17F2N3O. The summed E-state index contributed by atoms with van der Waals surface area (Å²) < 4.78 is 34.0. The summed E-state index contributed by atoms with van der Waals surface area (Å²) in [7, 11) is 5.00. The summed E-state index contributed by atoms with van der Waals surface area (Å²) >= 11 is 0. The van der Waals surface area contributed by atoms with E-state index in [4.69, 9.17) is 4.74 Å². The van der Waals surface area contributed by atoms with Gasteiger partial charge in [-0.3, -0.25) is 4.90 Å². The summed E-state index contributed by atoms with van der Waals surface area (Å²) in [5, 5.41) is 0.